The van der Waals surface area contributed by atoms with Crippen LogP contribution in [0.25, 0.3) is 0 Å². The summed E-state index contributed by atoms with van der Waals surface area (Å²) < 4.78 is 24.0. The minimum Gasteiger partial charge on any atom is -0.481 e. The number of fused-ring (bicyclic) bond motifs is 1. The summed E-state index contributed by atoms with van der Waals surface area (Å²) >= 11 is 0. The second kappa shape index (κ2) is 8.73. The second-order valence-electron chi connectivity index (χ2n) is 7.43. The average molecular weight is 400 g/mol. The molecule has 7 nitrogen and oxygen atoms in total. The number of hydrogen-bond acceptors (Lipinski definition) is 6. The largest absolute Gasteiger partial charge is 0.481 e. The number of anilines is 1. The van der Waals surface area contributed by atoms with Crippen LogP contribution < -0.4 is 15.0 Å². The van der Waals surface area contributed by atoms with E-state index in [4.69, 9.17) is 14.5 Å². The molecule has 1 amide bonds. The third-order valence-corrected chi connectivity index (χ3v) is 5.30. The van der Waals surface area contributed by atoms with E-state index in [-0.39, 0.29) is 17.8 Å². The lowest BCUT2D eigenvalue weighted by molar-refractivity contribution is -0.128. The van der Waals surface area contributed by atoms with Gasteiger partial charge in [0.2, 0.25) is 5.95 Å². The van der Waals surface area contributed by atoms with Gasteiger partial charge in [-0.25, -0.2) is 14.4 Å². The van der Waals surface area contributed by atoms with Gasteiger partial charge in [0.1, 0.15) is 11.6 Å². The summed E-state index contributed by atoms with van der Waals surface area (Å²) in [6, 6.07) is 5.74. The molecule has 0 saturated carbocycles. The highest BCUT2D eigenvalue weighted by Crippen LogP contribution is 2.20. The minimum absolute atomic E-state index is 0.0871. The monoisotopic (exact) mass is 400 g/mol. The van der Waals surface area contributed by atoms with E-state index >= 15 is 0 Å². The first-order chi connectivity index (χ1) is 14.1. The van der Waals surface area contributed by atoms with Crippen LogP contribution in [0.5, 0.6) is 5.75 Å². The molecule has 29 heavy (non-hydrogen) atoms. The van der Waals surface area contributed by atoms with E-state index in [0.717, 1.165) is 49.6 Å². The lowest BCUT2D eigenvalue weighted by atomic mass is 10.0. The molecule has 1 aromatic heterocycles. The van der Waals surface area contributed by atoms with Crippen molar-refractivity contribution in [3.8, 4) is 5.75 Å². The molecule has 2 aromatic rings. The lowest BCUT2D eigenvalue weighted by Gasteiger charge is -2.33. The molecule has 1 fully saturated rings. The zero-order valence-corrected chi connectivity index (χ0v) is 16.4. The van der Waals surface area contributed by atoms with Gasteiger partial charge in [-0.2, -0.15) is 0 Å². The van der Waals surface area contributed by atoms with Gasteiger partial charge in [-0.1, -0.05) is 0 Å². The first kappa shape index (κ1) is 19.6. The molecule has 0 unspecified atom stereocenters. The summed E-state index contributed by atoms with van der Waals surface area (Å²) in [5.74, 6) is 0.720. The third kappa shape index (κ3) is 4.82. The summed E-state index contributed by atoms with van der Waals surface area (Å²) in [4.78, 5) is 23.8. The molecule has 1 aromatic carbocycles. The predicted octanol–water partition coefficient (Wildman–Crippen LogP) is 2.24. The molecule has 1 atom stereocenters. The number of nitrogens with zero attached hydrogens (tertiary/aromatic N) is 3. The smallest absolute Gasteiger partial charge is 0.260 e. The highest BCUT2D eigenvalue weighted by molar-refractivity contribution is 5.81. The van der Waals surface area contributed by atoms with Crippen molar-refractivity contribution in [1.29, 1.82) is 0 Å². The molecule has 154 valence electrons. The van der Waals surface area contributed by atoms with Crippen molar-refractivity contribution >= 4 is 11.9 Å². The fourth-order valence-electron chi connectivity index (χ4n) is 3.59. The highest BCUT2D eigenvalue weighted by atomic mass is 19.1. The molecule has 0 bridgehead atoms. The van der Waals surface area contributed by atoms with Crippen LogP contribution in [0.4, 0.5) is 10.3 Å². The zero-order chi connectivity index (χ0) is 20.2. The van der Waals surface area contributed by atoms with E-state index < -0.39 is 6.10 Å². The molecule has 3 heterocycles. The average Bonchev–Trinajstić information content (AvgIpc) is 2.75. The third-order valence-electron chi connectivity index (χ3n) is 5.30. The van der Waals surface area contributed by atoms with Gasteiger partial charge in [0, 0.05) is 37.3 Å². The number of carbonyl (C=O) groups is 1. The van der Waals surface area contributed by atoms with Crippen LogP contribution in [0, 0.1) is 5.82 Å². The van der Waals surface area contributed by atoms with Gasteiger partial charge in [0.15, 0.2) is 6.10 Å². The standard InChI is InChI=1S/C21H25FN4O3/c1-14(29-18-4-2-16(22)3-5-18)20(27)24-17-6-9-26(10-7-17)21-23-12-15-13-28-11-8-19(15)25-21/h2-5,12,14,17H,6-11,13H2,1H3,(H,24,27)/t14-/m1/s1. The highest BCUT2D eigenvalue weighted by Gasteiger charge is 2.25. The summed E-state index contributed by atoms with van der Waals surface area (Å²) in [7, 11) is 0. The zero-order valence-electron chi connectivity index (χ0n) is 16.4. The molecule has 8 heteroatoms. The Labute approximate surface area is 169 Å². The van der Waals surface area contributed by atoms with Crippen LogP contribution in [-0.4, -0.2) is 47.7 Å². The molecule has 0 aliphatic carbocycles. The van der Waals surface area contributed by atoms with Crippen molar-refractivity contribution in [2.24, 2.45) is 0 Å². The Bertz CT molecular complexity index is 854. The lowest BCUT2D eigenvalue weighted by Crippen LogP contribution is -2.48. The number of ether oxygens (including phenoxy) is 2. The number of hydrogen-bond donors (Lipinski definition) is 1. The van der Waals surface area contributed by atoms with Crippen LogP contribution in [-0.2, 0) is 22.6 Å². The Hall–Kier alpha value is -2.74. The van der Waals surface area contributed by atoms with E-state index in [0.29, 0.717) is 19.0 Å². The number of rotatable bonds is 5. The maximum Gasteiger partial charge on any atom is 0.260 e. The van der Waals surface area contributed by atoms with Crippen LogP contribution in [0.1, 0.15) is 31.0 Å². The number of benzene rings is 1. The Kier molecular flexibility index (Phi) is 5.89. The molecular weight excluding hydrogens is 375 g/mol. The van der Waals surface area contributed by atoms with Gasteiger partial charge in [0.05, 0.1) is 18.9 Å². The van der Waals surface area contributed by atoms with Crippen molar-refractivity contribution < 1.29 is 18.7 Å². The number of halogens is 1. The summed E-state index contributed by atoms with van der Waals surface area (Å²) in [5.41, 5.74) is 2.14. The quantitative estimate of drug-likeness (QED) is 0.830. The molecule has 1 N–H and O–H groups in total. The number of aromatic nitrogens is 2. The topological polar surface area (TPSA) is 76.6 Å². The molecule has 2 aliphatic rings. The van der Waals surface area contributed by atoms with Gasteiger partial charge in [0.25, 0.3) is 5.91 Å². The van der Waals surface area contributed by atoms with Crippen LogP contribution >= 0.6 is 0 Å². The Balaban J connectivity index is 1.27. The van der Waals surface area contributed by atoms with E-state index in [1.54, 1.807) is 6.92 Å². The maximum atomic E-state index is 13.0. The SMILES string of the molecule is C[C@@H](Oc1ccc(F)cc1)C(=O)NC1CCN(c2ncc3c(n2)CCOC3)CC1. The van der Waals surface area contributed by atoms with Gasteiger partial charge in [-0.05, 0) is 44.0 Å². The second-order valence-corrected chi connectivity index (χ2v) is 7.43. The predicted molar refractivity (Wildman–Crippen MR) is 105 cm³/mol. The first-order valence-corrected chi connectivity index (χ1v) is 9.98. The van der Waals surface area contributed by atoms with E-state index in [2.05, 4.69) is 15.2 Å². The summed E-state index contributed by atoms with van der Waals surface area (Å²) in [6.45, 7) is 4.55. The maximum absolute atomic E-state index is 13.0. The van der Waals surface area contributed by atoms with Crippen LogP contribution in [0.15, 0.2) is 30.5 Å². The van der Waals surface area contributed by atoms with Crippen molar-refractivity contribution in [2.45, 2.75) is 44.9 Å². The van der Waals surface area contributed by atoms with E-state index in [1.165, 1.54) is 24.3 Å². The normalized spacial score (nSPS) is 18.1. The van der Waals surface area contributed by atoms with Gasteiger partial charge >= 0.3 is 0 Å². The molecule has 2 aliphatic heterocycles. The summed E-state index contributed by atoms with van der Waals surface area (Å²) in [6.07, 6.45) is 3.67. The van der Waals surface area contributed by atoms with Crippen LogP contribution in [0.2, 0.25) is 0 Å². The number of carbonyl (C=O) groups excluding carboxylic acids is 1. The Morgan fingerprint density at radius 1 is 1.31 bits per heavy atom. The Morgan fingerprint density at radius 3 is 2.83 bits per heavy atom. The Morgan fingerprint density at radius 2 is 2.07 bits per heavy atom. The molecule has 0 radical (unpaired) electrons. The molecule has 0 spiro atoms. The van der Waals surface area contributed by atoms with Gasteiger partial charge < -0.3 is 19.7 Å². The number of amides is 1. The van der Waals surface area contributed by atoms with E-state index in [1.807, 2.05) is 6.20 Å². The van der Waals surface area contributed by atoms with Crippen molar-refractivity contribution in [3.05, 3.63) is 47.5 Å². The van der Waals surface area contributed by atoms with Crippen LogP contribution in [0.3, 0.4) is 0 Å². The molecular formula is C21H25FN4O3. The number of nitrogens with one attached hydrogen (secondary N) is 1. The fraction of sp³-hybridized carbons (Fsp3) is 0.476. The van der Waals surface area contributed by atoms with Crippen molar-refractivity contribution in [2.75, 3.05) is 24.6 Å². The van der Waals surface area contributed by atoms with Gasteiger partial charge in [-0.15, -0.1) is 0 Å². The summed E-state index contributed by atoms with van der Waals surface area (Å²) in [5, 5.41) is 3.05. The number of piperidine rings is 1. The van der Waals surface area contributed by atoms with E-state index in [9.17, 15) is 9.18 Å². The van der Waals surface area contributed by atoms with Gasteiger partial charge in [-0.3, -0.25) is 4.79 Å². The molecule has 4 rings (SSSR count). The minimum atomic E-state index is -0.648. The first-order valence-electron chi connectivity index (χ1n) is 9.98. The van der Waals surface area contributed by atoms with Crippen molar-refractivity contribution in [3.63, 3.8) is 0 Å². The molecule has 1 saturated heterocycles. The fourth-order valence-corrected chi connectivity index (χ4v) is 3.59. The van der Waals surface area contributed by atoms with Crippen molar-refractivity contribution in [1.82, 2.24) is 15.3 Å².